The number of amides is 1. The Bertz CT molecular complexity index is 725. The number of aliphatic carboxylic acids is 1. The van der Waals surface area contributed by atoms with Crippen LogP contribution in [0.1, 0.15) is 50.5 Å². The molecule has 2 saturated carbocycles. The highest BCUT2D eigenvalue weighted by Crippen LogP contribution is 2.44. The Morgan fingerprint density at radius 2 is 1.78 bits per heavy atom. The topological polar surface area (TPSA) is 84.9 Å². The molecule has 1 aromatic rings. The van der Waals surface area contributed by atoms with E-state index < -0.39 is 5.97 Å². The first-order valence-electron chi connectivity index (χ1n) is 9.98. The van der Waals surface area contributed by atoms with E-state index in [0.717, 1.165) is 37.2 Å². The van der Waals surface area contributed by atoms with Crippen LogP contribution < -0.4 is 14.8 Å². The van der Waals surface area contributed by atoms with Crippen molar-refractivity contribution in [1.82, 2.24) is 5.32 Å². The minimum atomic E-state index is -0.783. The minimum absolute atomic E-state index is 0.00238. The number of nitrogens with one attached hydrogen (secondary N) is 1. The van der Waals surface area contributed by atoms with Crippen molar-refractivity contribution in [2.75, 3.05) is 19.8 Å². The molecule has 2 fully saturated rings. The smallest absolute Gasteiger partial charge is 0.306 e. The Balaban J connectivity index is 1.45. The highest BCUT2D eigenvalue weighted by atomic mass is 16.6. The lowest BCUT2D eigenvalue weighted by Gasteiger charge is -2.31. The third kappa shape index (κ3) is 3.62. The third-order valence-corrected chi connectivity index (χ3v) is 6.47. The zero-order valence-corrected chi connectivity index (χ0v) is 15.5. The summed E-state index contributed by atoms with van der Waals surface area (Å²) in [5, 5.41) is 12.3. The lowest BCUT2D eigenvalue weighted by Crippen LogP contribution is -2.41. The predicted octanol–water partition coefficient (Wildman–Crippen LogP) is 2.89. The van der Waals surface area contributed by atoms with Gasteiger partial charge >= 0.3 is 5.97 Å². The summed E-state index contributed by atoms with van der Waals surface area (Å²) in [6.07, 6.45) is 6.09. The van der Waals surface area contributed by atoms with Crippen LogP contribution in [0.5, 0.6) is 11.5 Å². The first-order valence-corrected chi connectivity index (χ1v) is 9.98. The molecule has 1 aliphatic heterocycles. The number of ether oxygens (including phenoxy) is 2. The number of carboxylic acids is 1. The fourth-order valence-corrected chi connectivity index (χ4v) is 4.84. The molecule has 1 amide bonds. The van der Waals surface area contributed by atoms with Crippen LogP contribution in [0.25, 0.3) is 0 Å². The largest absolute Gasteiger partial charge is 0.486 e. The Kier molecular flexibility index (Phi) is 4.98. The average molecular weight is 373 g/mol. The van der Waals surface area contributed by atoms with Gasteiger partial charge < -0.3 is 19.9 Å². The standard InChI is InChI=1S/C21H27NO5/c23-19(14-3-4-15(11-14)20(24)25)22-13-21(7-1-2-8-21)16-5-6-17-18(12-16)27-10-9-26-17/h5-6,12,14-15H,1-4,7-11,13H2,(H,22,23)(H,24,25)/t14-,15+/m0/s1. The fraction of sp³-hybridized carbons (Fsp3) is 0.619. The highest BCUT2D eigenvalue weighted by molar-refractivity contribution is 5.81. The van der Waals surface area contributed by atoms with Crippen molar-refractivity contribution in [3.63, 3.8) is 0 Å². The van der Waals surface area contributed by atoms with Gasteiger partial charge in [0.2, 0.25) is 5.91 Å². The minimum Gasteiger partial charge on any atom is -0.486 e. The SMILES string of the molecule is O=C(O)[C@@H]1CC[C@H](C(=O)NCC2(c3ccc4c(c3)OCCO4)CCCC2)C1. The van der Waals surface area contributed by atoms with E-state index in [2.05, 4.69) is 17.4 Å². The molecule has 2 aliphatic carbocycles. The van der Waals surface area contributed by atoms with E-state index in [1.165, 1.54) is 5.56 Å². The van der Waals surface area contributed by atoms with Crippen molar-refractivity contribution in [3.8, 4) is 11.5 Å². The van der Waals surface area contributed by atoms with Crippen molar-refractivity contribution < 1.29 is 24.2 Å². The second kappa shape index (κ2) is 7.41. The molecule has 0 bridgehead atoms. The van der Waals surface area contributed by atoms with Crippen LogP contribution in [-0.2, 0) is 15.0 Å². The summed E-state index contributed by atoms with van der Waals surface area (Å²) in [5.41, 5.74) is 1.12. The molecule has 6 nitrogen and oxygen atoms in total. The van der Waals surface area contributed by atoms with Crippen molar-refractivity contribution in [2.24, 2.45) is 11.8 Å². The molecule has 0 saturated heterocycles. The Hall–Kier alpha value is -2.24. The molecule has 0 aromatic heterocycles. The Morgan fingerprint density at radius 1 is 1.07 bits per heavy atom. The van der Waals surface area contributed by atoms with Crippen LogP contribution in [0.3, 0.4) is 0 Å². The van der Waals surface area contributed by atoms with Crippen LogP contribution in [0, 0.1) is 11.8 Å². The molecule has 0 unspecified atom stereocenters. The first kappa shape index (κ1) is 18.1. The van der Waals surface area contributed by atoms with Gasteiger partial charge in [0.15, 0.2) is 11.5 Å². The van der Waals surface area contributed by atoms with Crippen LogP contribution in [0.4, 0.5) is 0 Å². The van der Waals surface area contributed by atoms with Gasteiger partial charge in [-0.2, -0.15) is 0 Å². The van der Waals surface area contributed by atoms with E-state index in [0.29, 0.717) is 39.0 Å². The monoisotopic (exact) mass is 373 g/mol. The van der Waals surface area contributed by atoms with Gasteiger partial charge in [0.1, 0.15) is 13.2 Å². The molecule has 2 N–H and O–H groups in total. The molecular formula is C21H27NO5. The van der Waals surface area contributed by atoms with E-state index in [-0.39, 0.29) is 23.2 Å². The van der Waals surface area contributed by atoms with Crippen LogP contribution in [0.15, 0.2) is 18.2 Å². The van der Waals surface area contributed by atoms with Gasteiger partial charge in [0.05, 0.1) is 5.92 Å². The molecule has 6 heteroatoms. The van der Waals surface area contributed by atoms with Crippen molar-refractivity contribution in [3.05, 3.63) is 23.8 Å². The molecule has 1 aromatic carbocycles. The summed E-state index contributed by atoms with van der Waals surface area (Å²) in [7, 11) is 0. The van der Waals surface area contributed by atoms with Gasteiger partial charge in [-0.15, -0.1) is 0 Å². The number of benzene rings is 1. The van der Waals surface area contributed by atoms with Crippen molar-refractivity contribution >= 4 is 11.9 Å². The molecule has 2 atom stereocenters. The average Bonchev–Trinajstić information content (AvgIpc) is 3.36. The zero-order valence-electron chi connectivity index (χ0n) is 15.5. The zero-order chi connectivity index (χ0) is 18.9. The number of rotatable bonds is 5. The lowest BCUT2D eigenvalue weighted by molar-refractivity contribution is -0.141. The molecular weight excluding hydrogens is 346 g/mol. The Morgan fingerprint density at radius 3 is 2.48 bits per heavy atom. The van der Waals surface area contributed by atoms with Crippen LogP contribution in [-0.4, -0.2) is 36.7 Å². The summed E-state index contributed by atoms with van der Waals surface area (Å²) >= 11 is 0. The van der Waals surface area contributed by atoms with E-state index in [9.17, 15) is 9.59 Å². The van der Waals surface area contributed by atoms with Crippen molar-refractivity contribution in [2.45, 2.75) is 50.4 Å². The molecule has 1 heterocycles. The van der Waals surface area contributed by atoms with Crippen LogP contribution in [0.2, 0.25) is 0 Å². The van der Waals surface area contributed by atoms with E-state index >= 15 is 0 Å². The summed E-state index contributed by atoms with van der Waals surface area (Å²) < 4.78 is 11.4. The predicted molar refractivity (Wildman–Crippen MR) is 99.1 cm³/mol. The molecule has 0 radical (unpaired) electrons. The first-order chi connectivity index (χ1) is 13.1. The van der Waals surface area contributed by atoms with Gasteiger partial charge in [-0.05, 0) is 49.8 Å². The van der Waals surface area contributed by atoms with Gasteiger partial charge in [-0.3, -0.25) is 9.59 Å². The van der Waals surface area contributed by atoms with Crippen LogP contribution >= 0.6 is 0 Å². The Labute approximate surface area is 159 Å². The maximum atomic E-state index is 12.6. The summed E-state index contributed by atoms with van der Waals surface area (Å²) in [6.45, 7) is 1.73. The van der Waals surface area contributed by atoms with E-state index in [1.54, 1.807) is 0 Å². The highest BCUT2D eigenvalue weighted by Gasteiger charge is 2.39. The fourth-order valence-electron chi connectivity index (χ4n) is 4.84. The number of carbonyl (C=O) groups excluding carboxylic acids is 1. The van der Waals surface area contributed by atoms with Crippen molar-refractivity contribution in [1.29, 1.82) is 0 Å². The summed E-state index contributed by atoms with van der Waals surface area (Å²) in [6, 6.07) is 6.14. The maximum absolute atomic E-state index is 12.6. The third-order valence-electron chi connectivity index (χ3n) is 6.47. The van der Waals surface area contributed by atoms with E-state index in [1.807, 2.05) is 6.07 Å². The van der Waals surface area contributed by atoms with Gasteiger partial charge in [0.25, 0.3) is 0 Å². The molecule has 146 valence electrons. The lowest BCUT2D eigenvalue weighted by atomic mass is 9.78. The summed E-state index contributed by atoms with van der Waals surface area (Å²) in [5.74, 6) is 0.240. The summed E-state index contributed by atoms with van der Waals surface area (Å²) in [4.78, 5) is 23.8. The number of carboxylic acid groups (broad SMARTS) is 1. The second-order valence-corrected chi connectivity index (χ2v) is 8.11. The van der Waals surface area contributed by atoms with Gasteiger partial charge in [-0.1, -0.05) is 18.9 Å². The molecule has 4 rings (SSSR count). The molecule has 3 aliphatic rings. The van der Waals surface area contributed by atoms with E-state index in [4.69, 9.17) is 14.6 Å². The number of carbonyl (C=O) groups is 2. The molecule has 27 heavy (non-hydrogen) atoms. The number of hydrogen-bond donors (Lipinski definition) is 2. The van der Waals surface area contributed by atoms with Gasteiger partial charge in [0, 0.05) is 17.9 Å². The normalized spacial score (nSPS) is 25.9. The van der Waals surface area contributed by atoms with Gasteiger partial charge in [-0.25, -0.2) is 0 Å². The second-order valence-electron chi connectivity index (χ2n) is 8.11. The quantitative estimate of drug-likeness (QED) is 0.829. The molecule has 0 spiro atoms. The number of fused-ring (bicyclic) bond motifs is 1. The maximum Gasteiger partial charge on any atom is 0.306 e. The number of hydrogen-bond acceptors (Lipinski definition) is 4.